The number of allylic oxidation sites excluding steroid dienone is 1. The lowest BCUT2D eigenvalue weighted by Crippen LogP contribution is -2.06. The van der Waals surface area contributed by atoms with E-state index in [4.69, 9.17) is 19.0 Å². The molecule has 0 spiro atoms. The predicted molar refractivity (Wildman–Crippen MR) is 132 cm³/mol. The predicted octanol–water partition coefficient (Wildman–Crippen LogP) is 6.48. The van der Waals surface area contributed by atoms with Gasteiger partial charge in [0.25, 0.3) is 0 Å². The lowest BCUT2D eigenvalue weighted by atomic mass is 10.0. The fourth-order valence-electron chi connectivity index (χ4n) is 3.54. The molecule has 2 aromatic carbocycles. The third-order valence-electron chi connectivity index (χ3n) is 5.20. The van der Waals surface area contributed by atoms with E-state index in [1.807, 2.05) is 38.1 Å². The van der Waals surface area contributed by atoms with Crippen molar-refractivity contribution in [2.75, 3.05) is 26.9 Å². The summed E-state index contributed by atoms with van der Waals surface area (Å²) in [5.74, 6) is 2.73. The Morgan fingerprint density at radius 3 is 2.12 bits per heavy atom. The average molecular weight is 440 g/mol. The highest BCUT2D eigenvalue weighted by Crippen LogP contribution is 2.29. The molecule has 174 valence electrons. The Kier molecular flexibility index (Phi) is 10.1. The Balaban J connectivity index is 1.81. The summed E-state index contributed by atoms with van der Waals surface area (Å²) in [5.41, 5.74) is 6.34. The molecule has 0 aliphatic carbocycles. The van der Waals surface area contributed by atoms with Gasteiger partial charge in [-0.05, 0) is 101 Å². The molecule has 5 heteroatoms. The highest BCUT2D eigenvalue weighted by molar-refractivity contribution is 6.00. The molecule has 0 saturated heterocycles. The molecule has 5 nitrogen and oxygen atoms in total. The van der Waals surface area contributed by atoms with Gasteiger partial charge in [0.15, 0.2) is 0 Å². The molecule has 32 heavy (non-hydrogen) atoms. The summed E-state index contributed by atoms with van der Waals surface area (Å²) in [6, 6.07) is 8.23. The van der Waals surface area contributed by atoms with E-state index in [-0.39, 0.29) is 0 Å². The Morgan fingerprint density at radius 2 is 1.50 bits per heavy atom. The molecule has 0 unspecified atom stereocenters. The molecule has 0 fully saturated rings. The first-order valence-corrected chi connectivity index (χ1v) is 11.2. The molecule has 0 amide bonds. The number of ether oxygens (including phenoxy) is 3. The molecule has 0 saturated carbocycles. The summed E-state index contributed by atoms with van der Waals surface area (Å²) < 4.78 is 17.8. The lowest BCUT2D eigenvalue weighted by Gasteiger charge is -2.15. The number of aryl methyl sites for hydroxylation is 4. The van der Waals surface area contributed by atoms with Crippen molar-refractivity contribution in [3.8, 4) is 17.2 Å². The highest BCUT2D eigenvalue weighted by Gasteiger charge is 2.10. The van der Waals surface area contributed by atoms with Crippen LogP contribution in [0.25, 0.3) is 0 Å². The van der Waals surface area contributed by atoms with Crippen molar-refractivity contribution in [2.45, 2.75) is 54.4 Å². The van der Waals surface area contributed by atoms with Crippen molar-refractivity contribution in [3.63, 3.8) is 0 Å². The minimum Gasteiger partial charge on any atom is -0.493 e. The molecular formula is C27H37NO4. The molecule has 0 atom stereocenters. The summed E-state index contributed by atoms with van der Waals surface area (Å²) in [6.07, 6.45) is 5.82. The first-order valence-electron chi connectivity index (χ1n) is 11.2. The van der Waals surface area contributed by atoms with Crippen LogP contribution >= 0.6 is 0 Å². The van der Waals surface area contributed by atoms with Crippen LogP contribution < -0.4 is 14.2 Å². The number of hydrogen-bond acceptors (Lipinski definition) is 5. The second-order valence-electron chi connectivity index (χ2n) is 7.96. The fourth-order valence-corrected chi connectivity index (χ4v) is 3.54. The van der Waals surface area contributed by atoms with E-state index in [0.29, 0.717) is 19.8 Å². The van der Waals surface area contributed by atoms with Gasteiger partial charge in [-0.3, -0.25) is 0 Å². The summed E-state index contributed by atoms with van der Waals surface area (Å²) in [6.45, 7) is 14.1. The van der Waals surface area contributed by atoms with Crippen LogP contribution in [-0.2, 0) is 4.84 Å². The number of nitrogens with zero attached hydrogens (tertiary/aromatic N) is 1. The standard InChI is InChI=1S/C27H37NO4/c1-8-9-12-30-24-15-21(4)27(22(5)16-24)32-14-11-10-13-31-26-18-19(2)25(17-20(26)3)23(6)28-29-7/h8-9,15-18H,10-14H2,1-7H3/b9-8+,28-23+. The molecule has 0 bridgehead atoms. The second kappa shape index (κ2) is 12.8. The van der Waals surface area contributed by atoms with Crippen LogP contribution in [-0.4, -0.2) is 32.6 Å². The summed E-state index contributed by atoms with van der Waals surface area (Å²) in [4.78, 5) is 4.89. The van der Waals surface area contributed by atoms with E-state index in [1.54, 1.807) is 7.11 Å². The number of unbranched alkanes of at least 4 members (excludes halogenated alkanes) is 1. The molecule has 2 aromatic rings. The Labute approximate surface area is 193 Å². The van der Waals surface area contributed by atoms with Gasteiger partial charge in [-0.15, -0.1) is 0 Å². The topological polar surface area (TPSA) is 49.3 Å². The van der Waals surface area contributed by atoms with E-state index >= 15 is 0 Å². The first kappa shape index (κ1) is 25.3. The SMILES string of the molecule is C/C=C/COc1cc(C)c(OCCCCOc2cc(C)c(/C(C)=N/OC)cc2C)c(C)c1. The first-order chi connectivity index (χ1) is 15.4. The van der Waals surface area contributed by atoms with Crippen LogP contribution in [0.15, 0.2) is 41.6 Å². The van der Waals surface area contributed by atoms with E-state index in [9.17, 15) is 0 Å². The number of rotatable bonds is 12. The van der Waals surface area contributed by atoms with E-state index in [1.165, 1.54) is 0 Å². The molecule has 0 N–H and O–H groups in total. The molecular weight excluding hydrogens is 402 g/mol. The van der Waals surface area contributed by atoms with Gasteiger partial charge in [-0.25, -0.2) is 0 Å². The Bertz CT molecular complexity index is 924. The smallest absolute Gasteiger partial charge is 0.125 e. The zero-order valence-corrected chi connectivity index (χ0v) is 20.6. The molecule has 0 radical (unpaired) electrons. The van der Waals surface area contributed by atoms with Crippen LogP contribution in [0.1, 0.15) is 54.5 Å². The van der Waals surface area contributed by atoms with E-state index in [2.05, 4.69) is 45.0 Å². The van der Waals surface area contributed by atoms with Gasteiger partial charge in [-0.2, -0.15) is 0 Å². The van der Waals surface area contributed by atoms with E-state index < -0.39 is 0 Å². The van der Waals surface area contributed by atoms with Crippen molar-refractivity contribution >= 4 is 5.71 Å². The van der Waals surface area contributed by atoms with Crippen LogP contribution in [0.3, 0.4) is 0 Å². The minimum atomic E-state index is 0.581. The highest BCUT2D eigenvalue weighted by atomic mass is 16.6. The van der Waals surface area contributed by atoms with Crippen molar-refractivity contribution in [3.05, 3.63) is 64.2 Å². The summed E-state index contributed by atoms with van der Waals surface area (Å²) in [7, 11) is 1.56. The largest absolute Gasteiger partial charge is 0.493 e. The summed E-state index contributed by atoms with van der Waals surface area (Å²) >= 11 is 0. The van der Waals surface area contributed by atoms with Crippen LogP contribution in [0, 0.1) is 27.7 Å². The van der Waals surface area contributed by atoms with Gasteiger partial charge in [0.1, 0.15) is 31.0 Å². The maximum Gasteiger partial charge on any atom is 0.125 e. The second-order valence-corrected chi connectivity index (χ2v) is 7.96. The fraction of sp³-hybridized carbons (Fsp3) is 0.444. The van der Waals surface area contributed by atoms with Gasteiger partial charge in [0, 0.05) is 5.56 Å². The lowest BCUT2D eigenvalue weighted by molar-refractivity contribution is 0.213. The zero-order chi connectivity index (χ0) is 23.5. The van der Waals surface area contributed by atoms with Crippen molar-refractivity contribution < 1.29 is 19.0 Å². The number of benzene rings is 2. The number of oxime groups is 1. The average Bonchev–Trinajstić information content (AvgIpc) is 2.74. The van der Waals surface area contributed by atoms with Crippen molar-refractivity contribution in [1.29, 1.82) is 0 Å². The summed E-state index contributed by atoms with van der Waals surface area (Å²) in [5, 5.41) is 4.03. The third kappa shape index (κ3) is 7.33. The van der Waals surface area contributed by atoms with Crippen molar-refractivity contribution in [2.24, 2.45) is 5.16 Å². The number of hydrogen-bond donors (Lipinski definition) is 0. The van der Waals surface area contributed by atoms with Gasteiger partial charge in [0.05, 0.1) is 18.9 Å². The van der Waals surface area contributed by atoms with Crippen LogP contribution in [0.5, 0.6) is 17.2 Å². The maximum absolute atomic E-state index is 6.06. The molecule has 0 aromatic heterocycles. The third-order valence-corrected chi connectivity index (χ3v) is 5.20. The van der Waals surface area contributed by atoms with Crippen molar-refractivity contribution in [1.82, 2.24) is 0 Å². The molecule has 0 heterocycles. The Morgan fingerprint density at radius 1 is 0.844 bits per heavy atom. The van der Waals surface area contributed by atoms with Gasteiger partial charge in [-0.1, -0.05) is 17.3 Å². The molecule has 2 rings (SSSR count). The zero-order valence-electron chi connectivity index (χ0n) is 20.6. The van der Waals surface area contributed by atoms with Gasteiger partial charge >= 0.3 is 0 Å². The van der Waals surface area contributed by atoms with Gasteiger partial charge < -0.3 is 19.0 Å². The maximum atomic E-state index is 6.06. The monoisotopic (exact) mass is 439 g/mol. The quantitative estimate of drug-likeness (QED) is 0.164. The van der Waals surface area contributed by atoms with E-state index in [0.717, 1.165) is 63.6 Å². The van der Waals surface area contributed by atoms with Crippen LogP contribution in [0.2, 0.25) is 0 Å². The van der Waals surface area contributed by atoms with Crippen LogP contribution in [0.4, 0.5) is 0 Å². The molecule has 0 aliphatic heterocycles. The normalized spacial score (nSPS) is 11.7. The Hall–Kier alpha value is -2.95. The van der Waals surface area contributed by atoms with Gasteiger partial charge in [0.2, 0.25) is 0 Å². The minimum absolute atomic E-state index is 0.581. The molecule has 0 aliphatic rings.